The summed E-state index contributed by atoms with van der Waals surface area (Å²) < 4.78 is 0. The molecule has 1 aromatic rings. The van der Waals surface area contributed by atoms with Crippen LogP contribution in [-0.4, -0.2) is 49.6 Å². The molecule has 0 spiro atoms. The fourth-order valence-electron chi connectivity index (χ4n) is 2.57. The van der Waals surface area contributed by atoms with E-state index >= 15 is 0 Å². The monoisotopic (exact) mass is 261 g/mol. The van der Waals surface area contributed by atoms with Crippen LogP contribution in [0.2, 0.25) is 0 Å². The first-order chi connectivity index (χ1) is 9.02. The molecule has 1 atom stereocenters. The summed E-state index contributed by atoms with van der Waals surface area (Å²) in [6.07, 6.45) is 0. The van der Waals surface area contributed by atoms with E-state index in [0.717, 1.165) is 19.6 Å². The molecule has 1 heterocycles. The summed E-state index contributed by atoms with van der Waals surface area (Å²) in [5.74, 6) is 0. The number of hydrogen-bond donors (Lipinski definition) is 1. The average Bonchev–Trinajstić information content (AvgIpc) is 2.70. The summed E-state index contributed by atoms with van der Waals surface area (Å²) in [5.41, 5.74) is 3.81. The van der Waals surface area contributed by atoms with E-state index < -0.39 is 0 Å². The third-order valence-corrected chi connectivity index (χ3v) is 3.86. The molecule has 1 saturated heterocycles. The van der Waals surface area contributed by atoms with Crippen LogP contribution in [0.15, 0.2) is 18.2 Å². The molecule has 4 nitrogen and oxygen atoms in total. The molecular weight excluding hydrogens is 238 g/mol. The Bertz CT molecular complexity index is 472. The van der Waals surface area contributed by atoms with Crippen LogP contribution in [0.25, 0.3) is 0 Å². The van der Waals surface area contributed by atoms with E-state index in [-0.39, 0.29) is 12.1 Å². The van der Waals surface area contributed by atoms with Crippen molar-refractivity contribution in [1.29, 1.82) is 0 Å². The second-order valence-corrected chi connectivity index (χ2v) is 5.35. The molecule has 1 unspecified atom stereocenters. The van der Waals surface area contributed by atoms with Gasteiger partial charge >= 0.3 is 6.03 Å². The molecule has 0 aromatic heterocycles. The van der Waals surface area contributed by atoms with Gasteiger partial charge in [-0.05, 0) is 32.0 Å². The van der Waals surface area contributed by atoms with Gasteiger partial charge in [-0.25, -0.2) is 4.79 Å². The normalized spacial score (nSPS) is 17.2. The quantitative estimate of drug-likeness (QED) is 0.899. The number of carbonyl (C=O) groups is 1. The number of benzene rings is 1. The fourth-order valence-corrected chi connectivity index (χ4v) is 2.57. The first-order valence-corrected chi connectivity index (χ1v) is 6.77. The standard InChI is InChI=1S/C15H23N3O/c1-11-5-6-12(2)13(9-11)14(16-3)10-18-8-7-17(4)15(18)19/h5-6,9,14,16H,7-8,10H2,1-4H3. The van der Waals surface area contributed by atoms with E-state index in [4.69, 9.17) is 0 Å². The number of likely N-dealkylation sites (N-methyl/N-ethyl adjacent to an activating group) is 2. The van der Waals surface area contributed by atoms with Crippen molar-refractivity contribution in [2.45, 2.75) is 19.9 Å². The van der Waals surface area contributed by atoms with Crippen LogP contribution in [0.5, 0.6) is 0 Å². The molecule has 0 saturated carbocycles. The Labute approximate surface area is 115 Å². The van der Waals surface area contributed by atoms with Gasteiger partial charge in [0.1, 0.15) is 0 Å². The van der Waals surface area contributed by atoms with Crippen LogP contribution >= 0.6 is 0 Å². The topological polar surface area (TPSA) is 35.6 Å². The molecule has 19 heavy (non-hydrogen) atoms. The Morgan fingerprint density at radius 3 is 2.63 bits per heavy atom. The van der Waals surface area contributed by atoms with Crippen LogP contribution in [0.1, 0.15) is 22.7 Å². The van der Waals surface area contributed by atoms with Gasteiger partial charge in [-0.2, -0.15) is 0 Å². The van der Waals surface area contributed by atoms with Crippen molar-refractivity contribution >= 4 is 6.03 Å². The van der Waals surface area contributed by atoms with Gasteiger partial charge in [0.05, 0.1) is 0 Å². The van der Waals surface area contributed by atoms with Gasteiger partial charge in [0.2, 0.25) is 0 Å². The molecule has 1 aliphatic heterocycles. The average molecular weight is 261 g/mol. The number of aryl methyl sites for hydroxylation is 2. The molecule has 1 fully saturated rings. The zero-order chi connectivity index (χ0) is 14.0. The first kappa shape index (κ1) is 13.9. The lowest BCUT2D eigenvalue weighted by molar-refractivity contribution is 0.194. The summed E-state index contributed by atoms with van der Waals surface area (Å²) in [5, 5.41) is 3.34. The highest BCUT2D eigenvalue weighted by Crippen LogP contribution is 2.21. The number of nitrogens with one attached hydrogen (secondary N) is 1. The Morgan fingerprint density at radius 2 is 2.05 bits per heavy atom. The maximum atomic E-state index is 12.0. The van der Waals surface area contributed by atoms with Crippen LogP contribution in [0.4, 0.5) is 4.79 Å². The minimum atomic E-state index is 0.130. The van der Waals surface area contributed by atoms with Gasteiger partial charge in [-0.1, -0.05) is 23.8 Å². The summed E-state index contributed by atoms with van der Waals surface area (Å²) in [6, 6.07) is 6.80. The van der Waals surface area contributed by atoms with E-state index in [9.17, 15) is 4.79 Å². The summed E-state index contributed by atoms with van der Waals surface area (Å²) in [4.78, 5) is 15.7. The van der Waals surface area contributed by atoms with Gasteiger partial charge in [0.15, 0.2) is 0 Å². The van der Waals surface area contributed by atoms with Crippen LogP contribution < -0.4 is 5.32 Å². The number of amides is 2. The second kappa shape index (κ2) is 5.61. The second-order valence-electron chi connectivity index (χ2n) is 5.35. The zero-order valence-corrected chi connectivity index (χ0v) is 12.2. The summed E-state index contributed by atoms with van der Waals surface area (Å²) in [7, 11) is 3.81. The van der Waals surface area contributed by atoms with Crippen molar-refractivity contribution in [3.63, 3.8) is 0 Å². The predicted octanol–water partition coefficient (Wildman–Crippen LogP) is 1.93. The van der Waals surface area contributed by atoms with Crippen molar-refractivity contribution < 1.29 is 4.79 Å². The largest absolute Gasteiger partial charge is 0.326 e. The SMILES string of the molecule is CNC(CN1CCN(C)C1=O)c1cc(C)ccc1C. The van der Waals surface area contributed by atoms with Crippen molar-refractivity contribution in [2.24, 2.45) is 0 Å². The van der Waals surface area contributed by atoms with Crippen LogP contribution in [0.3, 0.4) is 0 Å². The Kier molecular flexibility index (Phi) is 4.10. The fraction of sp³-hybridized carbons (Fsp3) is 0.533. The van der Waals surface area contributed by atoms with Crippen molar-refractivity contribution in [3.8, 4) is 0 Å². The highest BCUT2D eigenvalue weighted by Gasteiger charge is 2.27. The Hall–Kier alpha value is -1.55. The molecule has 1 N–H and O–H groups in total. The lowest BCUT2D eigenvalue weighted by Gasteiger charge is -2.25. The van der Waals surface area contributed by atoms with Crippen LogP contribution in [-0.2, 0) is 0 Å². The Balaban J connectivity index is 2.16. The molecule has 1 aliphatic rings. The third kappa shape index (κ3) is 2.89. The van der Waals surface area contributed by atoms with E-state index in [1.807, 2.05) is 19.0 Å². The lowest BCUT2D eigenvalue weighted by Crippen LogP contribution is -2.36. The Morgan fingerprint density at radius 1 is 1.32 bits per heavy atom. The summed E-state index contributed by atoms with van der Waals surface area (Å²) >= 11 is 0. The molecule has 104 valence electrons. The molecule has 0 aliphatic carbocycles. The maximum absolute atomic E-state index is 12.0. The molecule has 2 rings (SSSR count). The molecule has 0 radical (unpaired) electrons. The zero-order valence-electron chi connectivity index (χ0n) is 12.2. The highest BCUT2D eigenvalue weighted by molar-refractivity contribution is 5.76. The third-order valence-electron chi connectivity index (χ3n) is 3.86. The van der Waals surface area contributed by atoms with Gasteiger partial charge in [-0.15, -0.1) is 0 Å². The van der Waals surface area contributed by atoms with E-state index in [1.165, 1.54) is 16.7 Å². The van der Waals surface area contributed by atoms with Gasteiger partial charge in [0, 0.05) is 32.7 Å². The molecular formula is C15H23N3O. The van der Waals surface area contributed by atoms with Gasteiger partial charge < -0.3 is 15.1 Å². The van der Waals surface area contributed by atoms with Crippen molar-refractivity contribution in [1.82, 2.24) is 15.1 Å². The van der Waals surface area contributed by atoms with Gasteiger partial charge in [-0.3, -0.25) is 0 Å². The van der Waals surface area contributed by atoms with Gasteiger partial charge in [0.25, 0.3) is 0 Å². The summed E-state index contributed by atoms with van der Waals surface area (Å²) in [6.45, 7) is 6.59. The molecule has 0 bridgehead atoms. The highest BCUT2D eigenvalue weighted by atomic mass is 16.2. The van der Waals surface area contributed by atoms with E-state index in [0.29, 0.717) is 0 Å². The molecule has 2 amide bonds. The first-order valence-electron chi connectivity index (χ1n) is 6.77. The number of carbonyl (C=O) groups excluding carboxylic acids is 1. The van der Waals surface area contributed by atoms with E-state index in [1.54, 1.807) is 4.90 Å². The number of hydrogen-bond acceptors (Lipinski definition) is 2. The predicted molar refractivity (Wildman–Crippen MR) is 77.3 cm³/mol. The van der Waals surface area contributed by atoms with E-state index in [2.05, 4.69) is 37.4 Å². The van der Waals surface area contributed by atoms with Crippen LogP contribution in [0, 0.1) is 13.8 Å². The lowest BCUT2D eigenvalue weighted by atomic mass is 9.98. The molecule has 4 heteroatoms. The van der Waals surface area contributed by atoms with Crippen molar-refractivity contribution in [3.05, 3.63) is 34.9 Å². The number of urea groups is 1. The minimum Gasteiger partial charge on any atom is -0.326 e. The number of nitrogens with zero attached hydrogens (tertiary/aromatic N) is 2. The maximum Gasteiger partial charge on any atom is 0.319 e. The number of rotatable bonds is 4. The van der Waals surface area contributed by atoms with Crippen molar-refractivity contribution in [2.75, 3.05) is 33.7 Å². The minimum absolute atomic E-state index is 0.130. The smallest absolute Gasteiger partial charge is 0.319 e. The molecule has 1 aromatic carbocycles.